The van der Waals surface area contributed by atoms with Crippen molar-refractivity contribution < 1.29 is 9.68 Å². The number of aryl methyl sites for hydroxylation is 1. The Morgan fingerprint density at radius 2 is 2.00 bits per heavy atom. The molecule has 0 atom stereocenters. The van der Waals surface area contributed by atoms with Gasteiger partial charge >= 0.3 is 7.69 Å². The number of aromatic nitrogens is 1. The first-order valence-corrected chi connectivity index (χ1v) is 4.95. The number of pyridine rings is 1. The quantitative estimate of drug-likeness (QED) is 0.790. The van der Waals surface area contributed by atoms with Gasteiger partial charge in [0.15, 0.2) is 0 Å². The zero-order valence-corrected chi connectivity index (χ0v) is 8.92. The van der Waals surface area contributed by atoms with E-state index in [0.29, 0.717) is 13.4 Å². The molecule has 0 saturated carbocycles. The van der Waals surface area contributed by atoms with Gasteiger partial charge in [-0.05, 0) is 42.3 Å². The third kappa shape index (κ3) is 2.41. The molecule has 1 aromatic carbocycles. The summed E-state index contributed by atoms with van der Waals surface area (Å²) in [4.78, 5) is 4.15. The molecule has 1 heterocycles. The van der Waals surface area contributed by atoms with E-state index in [0.717, 1.165) is 16.8 Å². The summed E-state index contributed by atoms with van der Waals surface area (Å²) in [6, 6.07) is 11.4. The number of hydrogen-bond donors (Lipinski definition) is 1. The van der Waals surface area contributed by atoms with E-state index in [2.05, 4.69) is 4.98 Å². The molecule has 0 aliphatic heterocycles. The lowest BCUT2D eigenvalue weighted by Crippen LogP contribution is -1.99. The minimum atomic E-state index is 0.606. The average Bonchev–Trinajstić information content (AvgIpc) is 2.30. The van der Waals surface area contributed by atoms with Gasteiger partial charge in [-0.1, -0.05) is 12.1 Å². The fraction of sp³-hybridized carbons (Fsp3) is 0.0833. The lowest BCUT2D eigenvalue weighted by molar-refractivity contribution is 0.454. The standard InChI is InChI=1S/C12H11BNO2/c1-9-7-11(5-6-14-9)10-3-2-4-12(8-10)16-13-15/h2-8,15H,1H3. The molecule has 2 aromatic rings. The zero-order chi connectivity index (χ0) is 11.4. The van der Waals surface area contributed by atoms with Crippen LogP contribution in [-0.2, 0) is 0 Å². The van der Waals surface area contributed by atoms with Gasteiger partial charge in [0.25, 0.3) is 0 Å². The van der Waals surface area contributed by atoms with E-state index in [-0.39, 0.29) is 0 Å². The van der Waals surface area contributed by atoms with Crippen LogP contribution < -0.4 is 4.65 Å². The highest BCUT2D eigenvalue weighted by Gasteiger charge is 2.00. The maximum atomic E-state index is 8.57. The molecule has 3 nitrogen and oxygen atoms in total. The summed E-state index contributed by atoms with van der Waals surface area (Å²) in [5.41, 5.74) is 3.08. The third-order valence-electron chi connectivity index (χ3n) is 2.25. The predicted octanol–water partition coefficient (Wildman–Crippen LogP) is 1.96. The Balaban J connectivity index is 2.36. The van der Waals surface area contributed by atoms with Crippen LogP contribution in [0.15, 0.2) is 42.6 Å². The summed E-state index contributed by atoms with van der Waals surface area (Å²) >= 11 is 0. The molecule has 16 heavy (non-hydrogen) atoms. The SMILES string of the molecule is Cc1cc(-c2cccc(O[B]O)c2)ccn1. The maximum Gasteiger partial charge on any atom is 0.569 e. The highest BCUT2D eigenvalue weighted by atomic mass is 16.5. The molecule has 2 rings (SSSR count). The molecule has 1 radical (unpaired) electrons. The van der Waals surface area contributed by atoms with Gasteiger partial charge < -0.3 is 9.68 Å². The van der Waals surface area contributed by atoms with E-state index in [1.807, 2.05) is 37.3 Å². The monoisotopic (exact) mass is 212 g/mol. The van der Waals surface area contributed by atoms with Crippen molar-refractivity contribution in [1.82, 2.24) is 4.98 Å². The second-order valence-electron chi connectivity index (χ2n) is 3.44. The second kappa shape index (κ2) is 4.81. The van der Waals surface area contributed by atoms with Gasteiger partial charge in [0.05, 0.1) is 0 Å². The predicted molar refractivity (Wildman–Crippen MR) is 63.0 cm³/mol. The Morgan fingerprint density at radius 3 is 2.75 bits per heavy atom. The molecule has 0 spiro atoms. The van der Waals surface area contributed by atoms with Gasteiger partial charge in [0.2, 0.25) is 0 Å². The van der Waals surface area contributed by atoms with Gasteiger partial charge in [-0.2, -0.15) is 0 Å². The number of hydrogen-bond acceptors (Lipinski definition) is 3. The Kier molecular flexibility index (Phi) is 3.22. The lowest BCUT2D eigenvalue weighted by atomic mass is 10.1. The van der Waals surface area contributed by atoms with Gasteiger partial charge in [-0.25, -0.2) is 0 Å². The maximum absolute atomic E-state index is 8.57. The van der Waals surface area contributed by atoms with Crippen molar-refractivity contribution in [3.05, 3.63) is 48.3 Å². The largest absolute Gasteiger partial charge is 0.569 e. The van der Waals surface area contributed by atoms with E-state index in [1.165, 1.54) is 0 Å². The van der Waals surface area contributed by atoms with Crippen molar-refractivity contribution in [1.29, 1.82) is 0 Å². The molecule has 4 heteroatoms. The summed E-state index contributed by atoms with van der Waals surface area (Å²) in [5, 5.41) is 8.57. The minimum Gasteiger partial charge on any atom is -0.537 e. The first-order valence-electron chi connectivity index (χ1n) is 4.95. The van der Waals surface area contributed by atoms with Crippen LogP contribution in [-0.4, -0.2) is 17.7 Å². The highest BCUT2D eigenvalue weighted by Crippen LogP contribution is 2.23. The summed E-state index contributed by atoms with van der Waals surface area (Å²) in [6.45, 7) is 1.95. The van der Waals surface area contributed by atoms with Crippen LogP contribution in [0, 0.1) is 6.92 Å². The highest BCUT2D eigenvalue weighted by molar-refractivity contribution is 6.17. The summed E-state index contributed by atoms with van der Waals surface area (Å²) in [6.07, 6.45) is 1.77. The van der Waals surface area contributed by atoms with Crippen molar-refractivity contribution in [2.45, 2.75) is 6.92 Å². The third-order valence-corrected chi connectivity index (χ3v) is 2.25. The van der Waals surface area contributed by atoms with Crippen molar-refractivity contribution in [3.63, 3.8) is 0 Å². The van der Waals surface area contributed by atoms with Crippen molar-refractivity contribution >= 4 is 7.69 Å². The van der Waals surface area contributed by atoms with Crippen LogP contribution in [0.3, 0.4) is 0 Å². The molecular formula is C12H11BNO2. The number of rotatable bonds is 3. The molecule has 0 saturated heterocycles. The van der Waals surface area contributed by atoms with E-state index < -0.39 is 0 Å². The van der Waals surface area contributed by atoms with Crippen LogP contribution >= 0.6 is 0 Å². The van der Waals surface area contributed by atoms with Crippen LogP contribution in [0.5, 0.6) is 5.75 Å². The Hall–Kier alpha value is -1.81. The molecule has 0 aliphatic carbocycles. The fourth-order valence-electron chi connectivity index (χ4n) is 1.53. The van der Waals surface area contributed by atoms with Crippen molar-refractivity contribution in [2.75, 3.05) is 0 Å². The van der Waals surface area contributed by atoms with Crippen LogP contribution in [0.2, 0.25) is 0 Å². The topological polar surface area (TPSA) is 42.4 Å². The molecule has 0 bridgehead atoms. The van der Waals surface area contributed by atoms with Gasteiger partial charge in [-0.15, -0.1) is 0 Å². The summed E-state index contributed by atoms with van der Waals surface area (Å²) in [7, 11) is 0.677. The van der Waals surface area contributed by atoms with Gasteiger partial charge in [0, 0.05) is 11.9 Å². The summed E-state index contributed by atoms with van der Waals surface area (Å²) in [5.74, 6) is 0.606. The molecule has 79 valence electrons. The molecule has 0 fully saturated rings. The number of benzene rings is 1. The van der Waals surface area contributed by atoms with E-state index >= 15 is 0 Å². The van der Waals surface area contributed by atoms with Crippen molar-refractivity contribution in [2.24, 2.45) is 0 Å². The Bertz CT molecular complexity index is 488. The zero-order valence-electron chi connectivity index (χ0n) is 8.92. The lowest BCUT2D eigenvalue weighted by Gasteiger charge is -2.05. The van der Waals surface area contributed by atoms with Crippen LogP contribution in [0.25, 0.3) is 11.1 Å². The smallest absolute Gasteiger partial charge is 0.537 e. The second-order valence-corrected chi connectivity index (χ2v) is 3.44. The summed E-state index contributed by atoms with van der Waals surface area (Å²) < 4.78 is 4.91. The van der Waals surface area contributed by atoms with Crippen molar-refractivity contribution in [3.8, 4) is 16.9 Å². The van der Waals surface area contributed by atoms with Gasteiger partial charge in [-0.3, -0.25) is 4.98 Å². The molecule has 0 amide bonds. The van der Waals surface area contributed by atoms with E-state index in [1.54, 1.807) is 12.3 Å². The molecule has 1 aromatic heterocycles. The first-order chi connectivity index (χ1) is 7.79. The Labute approximate surface area is 95.0 Å². The van der Waals surface area contributed by atoms with Gasteiger partial charge in [0.1, 0.15) is 5.75 Å². The normalized spacial score (nSPS) is 9.88. The van der Waals surface area contributed by atoms with E-state index in [9.17, 15) is 0 Å². The Morgan fingerprint density at radius 1 is 1.19 bits per heavy atom. The first kappa shape index (κ1) is 10.7. The molecule has 1 N–H and O–H groups in total. The minimum absolute atomic E-state index is 0.606. The average molecular weight is 212 g/mol. The fourth-order valence-corrected chi connectivity index (χ4v) is 1.53. The van der Waals surface area contributed by atoms with E-state index in [4.69, 9.17) is 9.68 Å². The number of nitrogens with zero attached hydrogens (tertiary/aromatic N) is 1. The molecular weight excluding hydrogens is 201 g/mol. The van der Waals surface area contributed by atoms with Crippen LogP contribution in [0.1, 0.15) is 5.69 Å². The molecule has 0 unspecified atom stereocenters. The van der Waals surface area contributed by atoms with Crippen LogP contribution in [0.4, 0.5) is 0 Å². The molecule has 0 aliphatic rings.